The van der Waals surface area contributed by atoms with Gasteiger partial charge in [-0.25, -0.2) is 0 Å². The molecular weight excluding hydrogens is 248 g/mol. The van der Waals surface area contributed by atoms with Gasteiger partial charge in [-0.3, -0.25) is 4.79 Å². The Balaban J connectivity index is 2.85. The van der Waals surface area contributed by atoms with E-state index < -0.39 is 27.3 Å². The summed E-state index contributed by atoms with van der Waals surface area (Å²) in [5, 5.41) is 9.09. The van der Waals surface area contributed by atoms with Crippen LogP contribution in [0.25, 0.3) is 0 Å². The lowest BCUT2D eigenvalue weighted by Gasteiger charge is -2.27. The topological polar surface area (TPSA) is 105 Å². The summed E-state index contributed by atoms with van der Waals surface area (Å²) in [6.45, 7) is 5.08. The average molecular weight is 266 g/mol. The molecule has 17 heavy (non-hydrogen) atoms. The molecule has 0 amide bonds. The van der Waals surface area contributed by atoms with E-state index in [1.165, 1.54) is 0 Å². The summed E-state index contributed by atoms with van der Waals surface area (Å²) >= 11 is 0. The summed E-state index contributed by atoms with van der Waals surface area (Å²) in [5.74, 6) is -1.23. The van der Waals surface area contributed by atoms with Crippen molar-refractivity contribution in [2.75, 3.05) is 13.2 Å². The number of hydrogen-bond acceptors (Lipinski definition) is 4. The van der Waals surface area contributed by atoms with Gasteiger partial charge < -0.3 is 9.84 Å². The SMILES string of the molecule is CC(C)(C)NS(=O)(=O)NC1(C(=O)O)CCOC1. The highest BCUT2D eigenvalue weighted by Crippen LogP contribution is 2.20. The van der Waals surface area contributed by atoms with Gasteiger partial charge in [0.05, 0.1) is 6.61 Å². The molecule has 0 aromatic heterocycles. The van der Waals surface area contributed by atoms with Crippen LogP contribution in [0.15, 0.2) is 0 Å². The van der Waals surface area contributed by atoms with E-state index >= 15 is 0 Å². The number of nitrogens with one attached hydrogen (secondary N) is 2. The molecule has 1 aliphatic rings. The predicted octanol–water partition coefficient (Wildman–Crippen LogP) is -0.547. The minimum Gasteiger partial charge on any atom is -0.480 e. The molecule has 1 heterocycles. The van der Waals surface area contributed by atoms with E-state index in [2.05, 4.69) is 9.44 Å². The predicted molar refractivity (Wildman–Crippen MR) is 60.7 cm³/mol. The first-order valence-electron chi connectivity index (χ1n) is 5.20. The summed E-state index contributed by atoms with van der Waals surface area (Å²) in [6, 6.07) is 0. The first-order valence-corrected chi connectivity index (χ1v) is 6.69. The van der Waals surface area contributed by atoms with Gasteiger partial charge in [0.1, 0.15) is 0 Å². The fraction of sp³-hybridized carbons (Fsp3) is 0.889. The van der Waals surface area contributed by atoms with Crippen LogP contribution < -0.4 is 9.44 Å². The highest BCUT2D eigenvalue weighted by atomic mass is 32.2. The molecule has 8 heteroatoms. The molecule has 0 aliphatic carbocycles. The Morgan fingerprint density at radius 3 is 2.35 bits per heavy atom. The molecule has 0 radical (unpaired) electrons. The summed E-state index contributed by atoms with van der Waals surface area (Å²) in [6.07, 6.45) is 0.118. The minimum absolute atomic E-state index is 0.118. The summed E-state index contributed by atoms with van der Waals surface area (Å²) in [7, 11) is -3.89. The Bertz CT molecular complexity index is 392. The number of carboxylic acids is 1. The van der Waals surface area contributed by atoms with Gasteiger partial charge >= 0.3 is 5.97 Å². The Morgan fingerprint density at radius 2 is 2.00 bits per heavy atom. The van der Waals surface area contributed by atoms with Crippen LogP contribution in [-0.4, -0.2) is 43.8 Å². The Hall–Kier alpha value is -0.700. The van der Waals surface area contributed by atoms with Crippen molar-refractivity contribution in [3.63, 3.8) is 0 Å². The Kier molecular flexibility index (Phi) is 3.82. The Labute approximate surface area is 101 Å². The zero-order chi connectivity index (χ0) is 13.3. The number of aliphatic carboxylic acids is 1. The minimum atomic E-state index is -3.89. The first kappa shape index (κ1) is 14.4. The molecule has 0 spiro atoms. The van der Waals surface area contributed by atoms with Gasteiger partial charge in [-0.2, -0.15) is 17.9 Å². The summed E-state index contributed by atoms with van der Waals surface area (Å²) < 4.78 is 33.0. The molecule has 0 aromatic rings. The second-order valence-electron chi connectivity index (χ2n) is 5.15. The highest BCUT2D eigenvalue weighted by molar-refractivity contribution is 7.87. The zero-order valence-corrected chi connectivity index (χ0v) is 10.9. The molecule has 1 unspecified atom stereocenters. The van der Waals surface area contributed by atoms with Gasteiger partial charge in [-0.15, -0.1) is 0 Å². The van der Waals surface area contributed by atoms with Crippen LogP contribution in [0.1, 0.15) is 27.2 Å². The monoisotopic (exact) mass is 266 g/mol. The maximum Gasteiger partial charge on any atom is 0.327 e. The van der Waals surface area contributed by atoms with Crippen molar-refractivity contribution in [3.8, 4) is 0 Å². The molecule has 0 bridgehead atoms. The molecule has 100 valence electrons. The van der Waals surface area contributed by atoms with Crippen molar-refractivity contribution >= 4 is 16.2 Å². The quantitative estimate of drug-likeness (QED) is 0.633. The van der Waals surface area contributed by atoms with Crippen molar-refractivity contribution in [2.45, 2.75) is 38.3 Å². The molecule has 7 nitrogen and oxygen atoms in total. The molecule has 0 saturated carbocycles. The van der Waals surface area contributed by atoms with Crippen LogP contribution in [0.2, 0.25) is 0 Å². The van der Waals surface area contributed by atoms with Gasteiger partial charge in [-0.05, 0) is 20.8 Å². The second-order valence-corrected chi connectivity index (χ2v) is 6.56. The van der Waals surface area contributed by atoms with E-state index in [0.29, 0.717) is 0 Å². The molecule has 3 N–H and O–H groups in total. The smallest absolute Gasteiger partial charge is 0.327 e. The number of carboxylic acid groups (broad SMARTS) is 1. The van der Waals surface area contributed by atoms with E-state index in [0.717, 1.165) is 0 Å². The van der Waals surface area contributed by atoms with Gasteiger partial charge in [0.25, 0.3) is 10.2 Å². The van der Waals surface area contributed by atoms with Crippen LogP contribution in [-0.2, 0) is 19.7 Å². The van der Waals surface area contributed by atoms with E-state index in [9.17, 15) is 13.2 Å². The van der Waals surface area contributed by atoms with Gasteiger partial charge in [0.15, 0.2) is 5.54 Å². The maximum absolute atomic E-state index is 11.8. The van der Waals surface area contributed by atoms with Crippen LogP contribution in [0.4, 0.5) is 0 Å². The molecule has 0 aromatic carbocycles. The maximum atomic E-state index is 11.8. The van der Waals surface area contributed by atoms with E-state index in [1.54, 1.807) is 20.8 Å². The van der Waals surface area contributed by atoms with Crippen molar-refractivity contribution < 1.29 is 23.1 Å². The largest absolute Gasteiger partial charge is 0.480 e. The van der Waals surface area contributed by atoms with Gasteiger partial charge in [0.2, 0.25) is 0 Å². The second kappa shape index (κ2) is 4.52. The van der Waals surface area contributed by atoms with Crippen LogP contribution in [0.3, 0.4) is 0 Å². The van der Waals surface area contributed by atoms with Crippen molar-refractivity contribution in [3.05, 3.63) is 0 Å². The van der Waals surface area contributed by atoms with Crippen molar-refractivity contribution in [2.24, 2.45) is 0 Å². The molecule has 1 rings (SSSR count). The molecular formula is C9H18N2O5S. The highest BCUT2D eigenvalue weighted by Gasteiger charge is 2.46. The van der Waals surface area contributed by atoms with E-state index in [-0.39, 0.29) is 19.6 Å². The van der Waals surface area contributed by atoms with Crippen molar-refractivity contribution in [1.82, 2.24) is 9.44 Å². The first-order chi connectivity index (χ1) is 7.56. The third-order valence-electron chi connectivity index (χ3n) is 2.20. The standard InChI is InChI=1S/C9H18N2O5S/c1-8(2,3)10-17(14,15)11-9(7(12)13)4-5-16-6-9/h10-11H,4-6H2,1-3H3,(H,12,13). The molecule has 1 saturated heterocycles. The lowest BCUT2D eigenvalue weighted by atomic mass is 10.0. The third kappa shape index (κ3) is 3.91. The van der Waals surface area contributed by atoms with Gasteiger partial charge in [-0.1, -0.05) is 0 Å². The molecule has 1 fully saturated rings. The third-order valence-corrected chi connectivity index (χ3v) is 3.74. The lowest BCUT2D eigenvalue weighted by Crippen LogP contribution is -2.60. The number of ether oxygens (including phenoxy) is 1. The van der Waals surface area contributed by atoms with Crippen LogP contribution >= 0.6 is 0 Å². The number of carbonyl (C=O) groups is 1. The molecule has 1 atom stereocenters. The summed E-state index contributed by atoms with van der Waals surface area (Å²) in [4.78, 5) is 11.1. The Morgan fingerprint density at radius 1 is 1.41 bits per heavy atom. The van der Waals surface area contributed by atoms with Crippen molar-refractivity contribution in [1.29, 1.82) is 0 Å². The fourth-order valence-electron chi connectivity index (χ4n) is 1.54. The normalized spacial score (nSPS) is 26.1. The van der Waals surface area contributed by atoms with Gasteiger partial charge in [0, 0.05) is 18.6 Å². The summed E-state index contributed by atoms with van der Waals surface area (Å²) in [5.41, 5.74) is -2.23. The fourth-order valence-corrected chi connectivity index (χ4v) is 3.16. The number of rotatable bonds is 4. The van der Waals surface area contributed by atoms with Crippen LogP contribution in [0, 0.1) is 0 Å². The number of hydrogen-bond donors (Lipinski definition) is 3. The van der Waals surface area contributed by atoms with E-state index in [1.807, 2.05) is 0 Å². The zero-order valence-electron chi connectivity index (χ0n) is 10.1. The average Bonchev–Trinajstić information content (AvgIpc) is 2.47. The van der Waals surface area contributed by atoms with E-state index in [4.69, 9.17) is 9.84 Å². The van der Waals surface area contributed by atoms with Crippen LogP contribution in [0.5, 0.6) is 0 Å². The lowest BCUT2D eigenvalue weighted by molar-refractivity contribution is -0.144. The molecule has 1 aliphatic heterocycles.